The van der Waals surface area contributed by atoms with E-state index in [1.165, 1.54) is 30.7 Å². The molecule has 2 aliphatic rings. The zero-order valence-electron chi connectivity index (χ0n) is 15.7. The Kier molecular flexibility index (Phi) is 6.59. The number of hydrogen-bond donors (Lipinski definition) is 1. The van der Waals surface area contributed by atoms with Crippen molar-refractivity contribution in [2.24, 2.45) is 10.4 Å². The number of methoxy groups -OCH3 is 1. The van der Waals surface area contributed by atoms with Crippen LogP contribution in [0.15, 0.2) is 22.5 Å². The number of aliphatic imine (C=N–C) groups is 1. The second kappa shape index (κ2) is 8.90. The highest BCUT2D eigenvalue weighted by Gasteiger charge is 2.34. The first kappa shape index (κ1) is 18.5. The van der Waals surface area contributed by atoms with Crippen molar-refractivity contribution in [2.75, 3.05) is 58.4 Å². The lowest BCUT2D eigenvalue weighted by Crippen LogP contribution is -2.53. The normalized spacial score (nSPS) is 21.0. The van der Waals surface area contributed by atoms with E-state index in [0.29, 0.717) is 5.41 Å². The summed E-state index contributed by atoms with van der Waals surface area (Å²) in [6.45, 7) is 6.07. The van der Waals surface area contributed by atoms with E-state index in [1.807, 2.05) is 25.5 Å². The Bertz CT molecular complexity index is 532. The summed E-state index contributed by atoms with van der Waals surface area (Å²) >= 11 is 1.83. The highest BCUT2D eigenvalue weighted by atomic mass is 32.1. The van der Waals surface area contributed by atoms with Crippen molar-refractivity contribution in [2.45, 2.75) is 32.1 Å². The van der Waals surface area contributed by atoms with E-state index in [4.69, 9.17) is 4.74 Å². The lowest BCUT2D eigenvalue weighted by molar-refractivity contribution is 0.137. The Hall–Kier alpha value is -1.27. The average Bonchev–Trinajstić information content (AvgIpc) is 3.34. The maximum Gasteiger partial charge on any atom is 0.193 e. The van der Waals surface area contributed by atoms with Gasteiger partial charge in [-0.1, -0.05) is 12.8 Å². The van der Waals surface area contributed by atoms with Crippen molar-refractivity contribution in [3.63, 3.8) is 0 Å². The number of nitrogens with one attached hydrogen (secondary N) is 1. The van der Waals surface area contributed by atoms with Gasteiger partial charge in [0.2, 0.25) is 0 Å². The molecule has 0 amide bonds. The highest BCUT2D eigenvalue weighted by molar-refractivity contribution is 7.14. The quantitative estimate of drug-likeness (QED) is 0.622. The van der Waals surface area contributed by atoms with Crippen LogP contribution in [0.2, 0.25) is 0 Å². The maximum atomic E-state index is 5.35. The Balaban J connectivity index is 1.51. The van der Waals surface area contributed by atoms with Gasteiger partial charge in [-0.05, 0) is 42.2 Å². The molecule has 1 saturated carbocycles. The largest absolute Gasteiger partial charge is 0.385 e. The Labute approximate surface area is 156 Å². The van der Waals surface area contributed by atoms with Gasteiger partial charge in [0.05, 0.1) is 5.00 Å². The molecule has 0 unspecified atom stereocenters. The Morgan fingerprint density at radius 2 is 2.04 bits per heavy atom. The second-order valence-electron chi connectivity index (χ2n) is 7.28. The number of nitrogens with zero attached hydrogens (tertiary/aromatic N) is 3. The molecule has 140 valence electrons. The standard InChI is InChI=1S/C19H32N4OS/c1-20-18(21-16-19(9-14-24-2)7-3-4-8-19)23-12-10-22(11-13-23)17-6-5-15-25-17/h5-6,15H,3-4,7-14,16H2,1-2H3,(H,20,21). The van der Waals surface area contributed by atoms with Gasteiger partial charge in [0.25, 0.3) is 0 Å². The van der Waals surface area contributed by atoms with Crippen molar-refractivity contribution in [1.82, 2.24) is 10.2 Å². The monoisotopic (exact) mass is 364 g/mol. The Morgan fingerprint density at radius 3 is 2.64 bits per heavy atom. The summed E-state index contributed by atoms with van der Waals surface area (Å²) in [5.74, 6) is 1.06. The van der Waals surface area contributed by atoms with Gasteiger partial charge >= 0.3 is 0 Å². The van der Waals surface area contributed by atoms with Gasteiger partial charge in [-0.15, -0.1) is 11.3 Å². The third kappa shape index (κ3) is 4.67. The first-order chi connectivity index (χ1) is 12.3. The van der Waals surface area contributed by atoms with Gasteiger partial charge in [-0.3, -0.25) is 4.99 Å². The molecule has 1 aliphatic carbocycles. The third-order valence-electron chi connectivity index (χ3n) is 5.73. The van der Waals surface area contributed by atoms with E-state index in [2.05, 4.69) is 37.6 Å². The molecule has 0 radical (unpaired) electrons. The SMILES string of the molecule is CN=C(NCC1(CCOC)CCCC1)N1CCN(c2cccs2)CC1. The van der Waals surface area contributed by atoms with Crippen molar-refractivity contribution < 1.29 is 4.74 Å². The molecule has 0 spiro atoms. The van der Waals surface area contributed by atoms with Crippen LogP contribution in [0, 0.1) is 5.41 Å². The molecular formula is C19H32N4OS. The van der Waals surface area contributed by atoms with Crippen LogP contribution >= 0.6 is 11.3 Å². The van der Waals surface area contributed by atoms with Crippen molar-refractivity contribution in [3.05, 3.63) is 17.5 Å². The molecule has 6 heteroatoms. The summed E-state index contributed by atoms with van der Waals surface area (Å²) in [5.41, 5.74) is 0.394. The van der Waals surface area contributed by atoms with E-state index in [0.717, 1.165) is 51.7 Å². The fraction of sp³-hybridized carbons (Fsp3) is 0.737. The minimum absolute atomic E-state index is 0.394. The lowest BCUT2D eigenvalue weighted by Gasteiger charge is -2.38. The predicted molar refractivity (Wildman–Crippen MR) is 107 cm³/mol. The molecule has 2 fully saturated rings. The van der Waals surface area contributed by atoms with E-state index in [-0.39, 0.29) is 0 Å². The number of anilines is 1. The van der Waals surface area contributed by atoms with Crippen molar-refractivity contribution in [3.8, 4) is 0 Å². The zero-order chi connectivity index (χ0) is 17.5. The summed E-state index contributed by atoms with van der Waals surface area (Å²) in [6, 6.07) is 4.35. The minimum Gasteiger partial charge on any atom is -0.385 e. The predicted octanol–water partition coefficient (Wildman–Crippen LogP) is 3.04. The molecule has 3 rings (SSSR count). The molecule has 25 heavy (non-hydrogen) atoms. The van der Waals surface area contributed by atoms with Crippen LogP contribution in [-0.2, 0) is 4.74 Å². The first-order valence-corrected chi connectivity index (χ1v) is 10.4. The van der Waals surface area contributed by atoms with Crippen molar-refractivity contribution >= 4 is 22.3 Å². The fourth-order valence-electron chi connectivity index (χ4n) is 4.15. The highest BCUT2D eigenvalue weighted by Crippen LogP contribution is 2.40. The lowest BCUT2D eigenvalue weighted by atomic mass is 9.83. The molecule has 1 aromatic rings. The van der Waals surface area contributed by atoms with Crippen LogP contribution < -0.4 is 10.2 Å². The molecule has 2 heterocycles. The number of piperazine rings is 1. The number of ether oxygens (including phenoxy) is 1. The van der Waals surface area contributed by atoms with Crippen LogP contribution in [-0.4, -0.2) is 64.3 Å². The number of guanidine groups is 1. The average molecular weight is 365 g/mol. The summed E-state index contributed by atoms with van der Waals surface area (Å²) in [4.78, 5) is 9.44. The van der Waals surface area contributed by atoms with Crippen LogP contribution in [0.3, 0.4) is 0 Å². The van der Waals surface area contributed by atoms with E-state index < -0.39 is 0 Å². The van der Waals surface area contributed by atoms with Gasteiger partial charge in [-0.25, -0.2) is 0 Å². The van der Waals surface area contributed by atoms with E-state index in [9.17, 15) is 0 Å². The minimum atomic E-state index is 0.394. The van der Waals surface area contributed by atoms with Gasteiger partial charge in [0.15, 0.2) is 5.96 Å². The zero-order valence-corrected chi connectivity index (χ0v) is 16.5. The number of thiophene rings is 1. The molecule has 0 atom stereocenters. The van der Waals surface area contributed by atoms with Gasteiger partial charge < -0.3 is 19.9 Å². The van der Waals surface area contributed by atoms with Crippen molar-refractivity contribution in [1.29, 1.82) is 0 Å². The maximum absolute atomic E-state index is 5.35. The van der Waals surface area contributed by atoms with E-state index >= 15 is 0 Å². The summed E-state index contributed by atoms with van der Waals surface area (Å²) < 4.78 is 5.35. The summed E-state index contributed by atoms with van der Waals surface area (Å²) in [6.07, 6.45) is 6.48. The summed E-state index contributed by atoms with van der Waals surface area (Å²) in [5, 5.41) is 7.22. The van der Waals surface area contributed by atoms with Gasteiger partial charge in [0, 0.05) is 53.5 Å². The Morgan fingerprint density at radius 1 is 1.28 bits per heavy atom. The number of hydrogen-bond acceptors (Lipinski definition) is 4. The fourth-order valence-corrected chi connectivity index (χ4v) is 4.93. The smallest absolute Gasteiger partial charge is 0.193 e. The van der Waals surface area contributed by atoms with Crippen LogP contribution in [0.1, 0.15) is 32.1 Å². The van der Waals surface area contributed by atoms with Gasteiger partial charge in [0.1, 0.15) is 0 Å². The topological polar surface area (TPSA) is 40.1 Å². The molecule has 1 saturated heterocycles. The molecule has 1 aromatic heterocycles. The third-order valence-corrected chi connectivity index (χ3v) is 6.66. The van der Waals surface area contributed by atoms with Crippen LogP contribution in [0.5, 0.6) is 0 Å². The summed E-state index contributed by atoms with van der Waals surface area (Å²) in [7, 11) is 3.71. The molecule has 5 nitrogen and oxygen atoms in total. The molecule has 0 bridgehead atoms. The second-order valence-corrected chi connectivity index (χ2v) is 8.20. The van der Waals surface area contributed by atoms with E-state index in [1.54, 1.807) is 0 Å². The molecule has 1 N–H and O–H groups in total. The first-order valence-electron chi connectivity index (χ1n) is 9.49. The molecule has 1 aliphatic heterocycles. The van der Waals surface area contributed by atoms with Crippen LogP contribution in [0.25, 0.3) is 0 Å². The molecule has 0 aromatic carbocycles. The molecular weight excluding hydrogens is 332 g/mol. The van der Waals surface area contributed by atoms with Crippen LogP contribution in [0.4, 0.5) is 5.00 Å². The number of rotatable bonds is 6. The van der Waals surface area contributed by atoms with Gasteiger partial charge in [-0.2, -0.15) is 0 Å².